The Labute approximate surface area is 237 Å². The molecule has 2 aliphatic heterocycles. The Hall–Kier alpha value is -5.18. The highest BCUT2D eigenvalue weighted by Gasteiger charge is 2.36. The number of fused-ring (bicyclic) bond motifs is 4. The SMILES string of the molecule is COc1ccc([C@H]2c3cccn3-c3c(c(C)nn3-c3ccccc3)CN2C(=O)Nc2ccc3c(c2)OCCO3)cc1. The third-order valence-corrected chi connectivity index (χ3v) is 7.57. The number of amides is 2. The van der Waals surface area contributed by atoms with Crippen LogP contribution in [0.5, 0.6) is 17.2 Å². The summed E-state index contributed by atoms with van der Waals surface area (Å²) < 4.78 is 20.9. The Bertz CT molecular complexity index is 1730. The first-order valence-corrected chi connectivity index (χ1v) is 13.5. The average molecular weight is 548 g/mol. The maximum absolute atomic E-state index is 14.2. The summed E-state index contributed by atoms with van der Waals surface area (Å²) in [5.74, 6) is 2.96. The van der Waals surface area contributed by atoms with Gasteiger partial charge in [0.25, 0.3) is 0 Å². The maximum atomic E-state index is 14.2. The number of anilines is 1. The van der Waals surface area contributed by atoms with Gasteiger partial charge in [-0.2, -0.15) is 5.10 Å². The molecule has 0 saturated carbocycles. The Morgan fingerprint density at radius 2 is 1.73 bits per heavy atom. The number of ether oxygens (including phenoxy) is 3. The molecule has 2 aliphatic rings. The summed E-state index contributed by atoms with van der Waals surface area (Å²) in [5.41, 5.74) is 5.32. The summed E-state index contributed by atoms with van der Waals surface area (Å²) in [6, 6.07) is 26.8. The third kappa shape index (κ3) is 4.35. The molecule has 0 radical (unpaired) electrons. The van der Waals surface area contributed by atoms with Gasteiger partial charge in [0, 0.05) is 23.5 Å². The van der Waals surface area contributed by atoms with Crippen molar-refractivity contribution in [3.05, 3.63) is 114 Å². The fourth-order valence-electron chi connectivity index (χ4n) is 5.60. The van der Waals surface area contributed by atoms with E-state index in [4.69, 9.17) is 19.3 Å². The average Bonchev–Trinajstić information content (AvgIpc) is 3.58. The monoisotopic (exact) mass is 547 g/mol. The van der Waals surface area contributed by atoms with Crippen molar-refractivity contribution in [2.24, 2.45) is 0 Å². The normalized spacial score (nSPS) is 15.5. The largest absolute Gasteiger partial charge is 0.497 e. The molecule has 0 aliphatic carbocycles. The number of carbonyl (C=O) groups excluding carboxylic acids is 1. The van der Waals surface area contributed by atoms with Crippen LogP contribution in [0.15, 0.2) is 91.1 Å². The van der Waals surface area contributed by atoms with Crippen molar-refractivity contribution in [3.63, 3.8) is 0 Å². The van der Waals surface area contributed by atoms with E-state index >= 15 is 0 Å². The highest BCUT2D eigenvalue weighted by atomic mass is 16.6. The molecule has 5 aromatic rings. The first-order valence-electron chi connectivity index (χ1n) is 13.5. The minimum Gasteiger partial charge on any atom is -0.497 e. The lowest BCUT2D eigenvalue weighted by atomic mass is 10.0. The van der Waals surface area contributed by atoms with Crippen LogP contribution in [0.4, 0.5) is 10.5 Å². The molecule has 9 heteroatoms. The van der Waals surface area contributed by atoms with Gasteiger partial charge in [0.1, 0.15) is 24.8 Å². The fourth-order valence-corrected chi connectivity index (χ4v) is 5.60. The van der Waals surface area contributed by atoms with Crippen LogP contribution in [0.25, 0.3) is 11.5 Å². The first kappa shape index (κ1) is 24.8. The number of rotatable bonds is 4. The van der Waals surface area contributed by atoms with E-state index in [-0.39, 0.29) is 12.1 Å². The van der Waals surface area contributed by atoms with Gasteiger partial charge < -0.3 is 29.0 Å². The molecule has 1 atom stereocenters. The van der Waals surface area contributed by atoms with E-state index in [0.717, 1.165) is 39.8 Å². The molecule has 41 heavy (non-hydrogen) atoms. The molecule has 0 unspecified atom stereocenters. The molecular weight excluding hydrogens is 518 g/mol. The highest BCUT2D eigenvalue weighted by molar-refractivity contribution is 5.90. The van der Waals surface area contributed by atoms with Gasteiger partial charge in [-0.3, -0.25) is 0 Å². The van der Waals surface area contributed by atoms with Crippen LogP contribution in [0.3, 0.4) is 0 Å². The van der Waals surface area contributed by atoms with Gasteiger partial charge in [-0.15, -0.1) is 0 Å². The Balaban J connectivity index is 1.35. The van der Waals surface area contributed by atoms with Crippen molar-refractivity contribution in [1.29, 1.82) is 0 Å². The molecule has 2 aromatic heterocycles. The van der Waals surface area contributed by atoms with Gasteiger partial charge in [-0.1, -0.05) is 30.3 Å². The number of hydrogen-bond acceptors (Lipinski definition) is 5. The van der Waals surface area contributed by atoms with Crippen LogP contribution in [0, 0.1) is 6.92 Å². The zero-order valence-corrected chi connectivity index (χ0v) is 22.8. The summed E-state index contributed by atoms with van der Waals surface area (Å²) >= 11 is 0. The van der Waals surface area contributed by atoms with Crippen molar-refractivity contribution >= 4 is 11.7 Å². The second kappa shape index (κ2) is 10.1. The van der Waals surface area contributed by atoms with Crippen LogP contribution >= 0.6 is 0 Å². The fraction of sp³-hybridized carbons (Fsp3) is 0.188. The molecule has 1 N–H and O–H groups in total. The number of urea groups is 1. The first-order chi connectivity index (χ1) is 20.1. The Kier molecular flexibility index (Phi) is 6.11. The van der Waals surface area contributed by atoms with Gasteiger partial charge in [0.15, 0.2) is 11.5 Å². The van der Waals surface area contributed by atoms with Gasteiger partial charge in [0.2, 0.25) is 0 Å². The van der Waals surface area contributed by atoms with E-state index in [0.29, 0.717) is 36.9 Å². The quantitative estimate of drug-likeness (QED) is 0.304. The molecule has 4 heterocycles. The predicted octanol–water partition coefficient (Wildman–Crippen LogP) is 5.89. The number of benzene rings is 3. The summed E-state index contributed by atoms with van der Waals surface area (Å²) in [6.45, 7) is 3.32. The van der Waals surface area contributed by atoms with E-state index < -0.39 is 0 Å². The smallest absolute Gasteiger partial charge is 0.322 e. The zero-order valence-electron chi connectivity index (χ0n) is 22.8. The Morgan fingerprint density at radius 1 is 0.951 bits per heavy atom. The number of aryl methyl sites for hydroxylation is 1. The van der Waals surface area contributed by atoms with Crippen LogP contribution in [-0.4, -0.2) is 45.6 Å². The van der Waals surface area contributed by atoms with Gasteiger partial charge >= 0.3 is 6.03 Å². The van der Waals surface area contributed by atoms with E-state index in [1.54, 1.807) is 13.2 Å². The molecule has 7 rings (SSSR count). The van der Waals surface area contributed by atoms with Gasteiger partial charge in [-0.25, -0.2) is 9.48 Å². The van der Waals surface area contributed by atoms with Crippen LogP contribution in [0.1, 0.15) is 28.6 Å². The second-order valence-electron chi connectivity index (χ2n) is 10.0. The van der Waals surface area contributed by atoms with E-state index in [9.17, 15) is 4.79 Å². The molecule has 206 valence electrons. The van der Waals surface area contributed by atoms with Crippen molar-refractivity contribution in [3.8, 4) is 28.8 Å². The van der Waals surface area contributed by atoms with Crippen molar-refractivity contribution in [1.82, 2.24) is 19.2 Å². The van der Waals surface area contributed by atoms with Gasteiger partial charge in [-0.05, 0) is 61.0 Å². The molecule has 9 nitrogen and oxygen atoms in total. The van der Waals surface area contributed by atoms with Crippen LogP contribution in [-0.2, 0) is 6.54 Å². The molecule has 2 amide bonds. The maximum Gasteiger partial charge on any atom is 0.322 e. The number of nitrogens with one attached hydrogen (secondary N) is 1. The summed E-state index contributed by atoms with van der Waals surface area (Å²) in [6.07, 6.45) is 2.04. The minimum atomic E-state index is -0.385. The minimum absolute atomic E-state index is 0.241. The molecule has 0 spiro atoms. The topological polar surface area (TPSA) is 82.8 Å². The summed E-state index contributed by atoms with van der Waals surface area (Å²) in [7, 11) is 1.65. The summed E-state index contributed by atoms with van der Waals surface area (Å²) in [4.78, 5) is 16.1. The third-order valence-electron chi connectivity index (χ3n) is 7.57. The van der Waals surface area contributed by atoms with Crippen LogP contribution < -0.4 is 19.5 Å². The zero-order chi connectivity index (χ0) is 27.9. The number of para-hydroxylation sites is 1. The molecule has 0 fully saturated rings. The Morgan fingerprint density at radius 3 is 2.51 bits per heavy atom. The predicted molar refractivity (Wildman–Crippen MR) is 154 cm³/mol. The lowest BCUT2D eigenvalue weighted by Crippen LogP contribution is -2.38. The lowest BCUT2D eigenvalue weighted by molar-refractivity contribution is 0.171. The molecule has 3 aromatic carbocycles. The van der Waals surface area contributed by atoms with Crippen molar-refractivity contribution in [2.75, 3.05) is 25.6 Å². The lowest BCUT2D eigenvalue weighted by Gasteiger charge is -2.31. The second-order valence-corrected chi connectivity index (χ2v) is 10.0. The van der Waals surface area contributed by atoms with Crippen LogP contribution in [0.2, 0.25) is 0 Å². The number of hydrogen-bond donors (Lipinski definition) is 1. The molecule has 0 bridgehead atoms. The standard InChI is InChI=1S/C32H29N5O4/c1-21-26-20-36(32(38)33-23-12-15-28-29(19-23)41-18-17-40-28)30(22-10-13-25(39-2)14-11-22)27-9-6-16-35(27)31(26)37(34-21)24-7-4-3-5-8-24/h3-16,19,30H,17-18,20H2,1-2H3,(H,33,38)/t30-/m0/s1. The van der Waals surface area contributed by atoms with Crippen molar-refractivity contribution < 1.29 is 19.0 Å². The summed E-state index contributed by atoms with van der Waals surface area (Å²) in [5, 5.41) is 8.03. The van der Waals surface area contributed by atoms with E-state index in [1.807, 2.05) is 95.5 Å². The number of methoxy groups -OCH3 is 1. The number of aromatic nitrogens is 3. The highest BCUT2D eigenvalue weighted by Crippen LogP contribution is 2.39. The van der Waals surface area contributed by atoms with Gasteiger partial charge in [0.05, 0.1) is 36.8 Å². The van der Waals surface area contributed by atoms with E-state index in [1.165, 1.54) is 0 Å². The number of nitrogens with zero attached hydrogens (tertiary/aromatic N) is 4. The number of carbonyl (C=O) groups is 1. The molecule has 0 saturated heterocycles. The van der Waals surface area contributed by atoms with Crippen molar-refractivity contribution in [2.45, 2.75) is 19.5 Å². The molecular formula is C32H29N5O4. The van der Waals surface area contributed by atoms with E-state index in [2.05, 4.69) is 16.0 Å².